The smallest absolute Gasteiger partial charge is 0.356 e. The van der Waals surface area contributed by atoms with E-state index in [9.17, 15) is 18.0 Å². The zero-order chi connectivity index (χ0) is 21.1. The number of hydrogen-bond acceptors (Lipinski definition) is 5. The Morgan fingerprint density at radius 2 is 2.00 bits per heavy atom. The summed E-state index contributed by atoms with van der Waals surface area (Å²) >= 11 is 0. The number of rotatable bonds is 3. The molecule has 2 aromatic rings. The Balaban J connectivity index is 1.75. The highest BCUT2D eigenvalue weighted by atomic mass is 19.4. The van der Waals surface area contributed by atoms with Crippen molar-refractivity contribution in [2.75, 3.05) is 25.0 Å². The molecule has 1 saturated heterocycles. The van der Waals surface area contributed by atoms with Crippen molar-refractivity contribution in [1.29, 1.82) is 0 Å². The van der Waals surface area contributed by atoms with Gasteiger partial charge in [0, 0.05) is 37.1 Å². The standard InChI is InChI=1S/C20H25F3N6O/c21-20(22,23)15-11-27-19(28-12-5-4-7-24-9-12)29-16(15)14-10-26-17-13(14)6-2-1-3-8-25-18(17)30/h10-12,24,26H,1-9H2,(H,25,30)(H,27,28,29). The maximum Gasteiger partial charge on any atom is 0.419 e. The molecule has 4 N–H and O–H groups in total. The lowest BCUT2D eigenvalue weighted by Crippen LogP contribution is -2.38. The number of alkyl halides is 3. The van der Waals surface area contributed by atoms with Crippen LogP contribution in [-0.4, -0.2) is 46.5 Å². The molecule has 0 spiro atoms. The van der Waals surface area contributed by atoms with Crippen LogP contribution in [0.25, 0.3) is 11.3 Å². The third-order valence-electron chi connectivity index (χ3n) is 5.58. The van der Waals surface area contributed by atoms with E-state index in [0.29, 0.717) is 36.3 Å². The molecule has 0 radical (unpaired) electrons. The zero-order valence-corrected chi connectivity index (χ0v) is 16.5. The molecule has 0 aromatic carbocycles. The minimum Gasteiger partial charge on any atom is -0.356 e. The van der Waals surface area contributed by atoms with Gasteiger partial charge in [0.15, 0.2) is 0 Å². The van der Waals surface area contributed by atoms with E-state index >= 15 is 0 Å². The first-order valence-electron chi connectivity index (χ1n) is 10.3. The summed E-state index contributed by atoms with van der Waals surface area (Å²) in [7, 11) is 0. The van der Waals surface area contributed by atoms with Gasteiger partial charge in [-0.3, -0.25) is 4.79 Å². The van der Waals surface area contributed by atoms with E-state index in [0.717, 1.165) is 44.8 Å². The first kappa shape index (κ1) is 20.6. The van der Waals surface area contributed by atoms with Crippen molar-refractivity contribution in [3.05, 3.63) is 29.2 Å². The Bertz CT molecular complexity index is 904. The van der Waals surface area contributed by atoms with Crippen LogP contribution in [0.3, 0.4) is 0 Å². The lowest BCUT2D eigenvalue weighted by molar-refractivity contribution is -0.137. The maximum absolute atomic E-state index is 13.7. The van der Waals surface area contributed by atoms with Crippen LogP contribution in [0.2, 0.25) is 0 Å². The highest BCUT2D eigenvalue weighted by molar-refractivity contribution is 5.96. The number of carbonyl (C=O) groups is 1. The Morgan fingerprint density at radius 1 is 1.13 bits per heavy atom. The number of anilines is 1. The van der Waals surface area contributed by atoms with Crippen molar-refractivity contribution < 1.29 is 18.0 Å². The number of hydrogen-bond donors (Lipinski definition) is 4. The second-order valence-electron chi connectivity index (χ2n) is 7.76. The number of amides is 1. The minimum atomic E-state index is -4.61. The Labute approximate surface area is 172 Å². The fraction of sp³-hybridized carbons (Fsp3) is 0.550. The largest absolute Gasteiger partial charge is 0.419 e. The van der Waals surface area contributed by atoms with Crippen molar-refractivity contribution >= 4 is 11.9 Å². The van der Waals surface area contributed by atoms with Crippen LogP contribution in [0.1, 0.15) is 53.7 Å². The van der Waals surface area contributed by atoms with Crippen molar-refractivity contribution in [3.8, 4) is 11.3 Å². The molecule has 1 atom stereocenters. The molecule has 4 heterocycles. The molecule has 30 heavy (non-hydrogen) atoms. The number of piperidine rings is 1. The number of halogens is 3. The summed E-state index contributed by atoms with van der Waals surface area (Å²) in [6.45, 7) is 2.19. The van der Waals surface area contributed by atoms with Gasteiger partial charge in [0.25, 0.3) is 5.91 Å². The summed E-state index contributed by atoms with van der Waals surface area (Å²) < 4.78 is 41.2. The molecule has 162 valence electrons. The Kier molecular flexibility index (Phi) is 5.94. The van der Waals surface area contributed by atoms with Gasteiger partial charge in [-0.25, -0.2) is 9.97 Å². The molecule has 2 aliphatic rings. The van der Waals surface area contributed by atoms with E-state index in [2.05, 4.69) is 30.9 Å². The summed E-state index contributed by atoms with van der Waals surface area (Å²) in [6.07, 6.45) is 2.59. The summed E-state index contributed by atoms with van der Waals surface area (Å²) in [5, 5.41) is 9.20. The van der Waals surface area contributed by atoms with E-state index in [-0.39, 0.29) is 23.6 Å². The fourth-order valence-corrected chi connectivity index (χ4v) is 4.04. The first-order valence-corrected chi connectivity index (χ1v) is 10.3. The molecule has 7 nitrogen and oxygen atoms in total. The molecular formula is C20H25F3N6O. The second kappa shape index (κ2) is 8.63. The molecule has 1 amide bonds. The predicted molar refractivity (Wildman–Crippen MR) is 106 cm³/mol. The van der Waals surface area contributed by atoms with Crippen LogP contribution in [-0.2, 0) is 12.6 Å². The molecular weight excluding hydrogens is 397 g/mol. The van der Waals surface area contributed by atoms with Crippen LogP contribution in [0.5, 0.6) is 0 Å². The number of fused-ring (bicyclic) bond motifs is 1. The molecule has 2 aliphatic heterocycles. The molecule has 0 bridgehead atoms. The molecule has 4 rings (SSSR count). The quantitative estimate of drug-likeness (QED) is 0.610. The normalized spacial score (nSPS) is 20.5. The number of aromatic nitrogens is 3. The van der Waals surface area contributed by atoms with Gasteiger partial charge in [-0.15, -0.1) is 0 Å². The third-order valence-corrected chi connectivity index (χ3v) is 5.58. The first-order chi connectivity index (χ1) is 14.4. The monoisotopic (exact) mass is 422 g/mol. The van der Waals surface area contributed by atoms with Gasteiger partial charge in [-0.1, -0.05) is 6.42 Å². The average molecular weight is 422 g/mol. The van der Waals surface area contributed by atoms with Crippen molar-refractivity contribution in [3.63, 3.8) is 0 Å². The highest BCUT2D eigenvalue weighted by Gasteiger charge is 2.37. The average Bonchev–Trinajstić information content (AvgIpc) is 3.16. The van der Waals surface area contributed by atoms with E-state index in [1.807, 2.05) is 0 Å². The molecule has 1 fully saturated rings. The van der Waals surface area contributed by atoms with Crippen LogP contribution < -0.4 is 16.0 Å². The SMILES string of the molecule is O=C1NCCCCCc2c(-c3nc(NC4CCCNC4)ncc3C(F)(F)F)c[nH]c21. The molecule has 1 unspecified atom stereocenters. The summed E-state index contributed by atoms with van der Waals surface area (Å²) in [6, 6.07) is 0.0597. The van der Waals surface area contributed by atoms with E-state index in [1.54, 1.807) is 0 Å². The van der Waals surface area contributed by atoms with Crippen LogP contribution in [0.15, 0.2) is 12.4 Å². The van der Waals surface area contributed by atoms with Gasteiger partial charge in [0.05, 0.1) is 5.69 Å². The Morgan fingerprint density at radius 3 is 2.77 bits per heavy atom. The Hall–Kier alpha value is -2.62. The van der Waals surface area contributed by atoms with Gasteiger partial charge < -0.3 is 20.9 Å². The van der Waals surface area contributed by atoms with Gasteiger partial charge in [0.2, 0.25) is 5.95 Å². The molecule has 0 saturated carbocycles. The minimum absolute atomic E-state index is 0.0597. The fourth-order valence-electron chi connectivity index (χ4n) is 4.04. The zero-order valence-electron chi connectivity index (χ0n) is 16.5. The van der Waals surface area contributed by atoms with E-state index in [4.69, 9.17) is 0 Å². The lowest BCUT2D eigenvalue weighted by atomic mass is 9.99. The van der Waals surface area contributed by atoms with Gasteiger partial charge in [-0.2, -0.15) is 13.2 Å². The topological polar surface area (TPSA) is 94.7 Å². The summed E-state index contributed by atoms with van der Waals surface area (Å²) in [5.74, 6) is -0.137. The van der Waals surface area contributed by atoms with Crippen molar-refractivity contribution in [1.82, 2.24) is 25.6 Å². The molecule has 2 aromatic heterocycles. The van der Waals surface area contributed by atoms with E-state index < -0.39 is 11.7 Å². The number of carbonyl (C=O) groups excluding carboxylic acids is 1. The lowest BCUT2D eigenvalue weighted by Gasteiger charge is -2.24. The maximum atomic E-state index is 13.7. The van der Waals surface area contributed by atoms with Gasteiger partial charge in [0.1, 0.15) is 11.3 Å². The molecule has 10 heteroatoms. The van der Waals surface area contributed by atoms with Crippen LogP contribution in [0.4, 0.5) is 19.1 Å². The van der Waals surface area contributed by atoms with Gasteiger partial charge in [-0.05, 0) is 44.2 Å². The third kappa shape index (κ3) is 4.43. The summed E-state index contributed by atoms with van der Waals surface area (Å²) in [4.78, 5) is 23.5. The van der Waals surface area contributed by atoms with E-state index in [1.165, 1.54) is 6.20 Å². The van der Waals surface area contributed by atoms with Crippen molar-refractivity contribution in [2.24, 2.45) is 0 Å². The van der Waals surface area contributed by atoms with Crippen LogP contribution >= 0.6 is 0 Å². The second-order valence-corrected chi connectivity index (χ2v) is 7.76. The van der Waals surface area contributed by atoms with Crippen LogP contribution in [0, 0.1) is 0 Å². The predicted octanol–water partition coefficient (Wildman–Crippen LogP) is 3.11. The molecule has 0 aliphatic carbocycles. The summed E-state index contributed by atoms with van der Waals surface area (Å²) in [5.41, 5.74) is 0.0836. The number of aromatic amines is 1. The number of nitrogens with zero attached hydrogens (tertiary/aromatic N) is 2. The van der Waals surface area contributed by atoms with Crippen molar-refractivity contribution in [2.45, 2.75) is 50.7 Å². The number of nitrogens with one attached hydrogen (secondary N) is 4. The highest BCUT2D eigenvalue weighted by Crippen LogP contribution is 2.38. The number of H-pyrrole nitrogens is 1. The van der Waals surface area contributed by atoms with Gasteiger partial charge >= 0.3 is 6.18 Å².